The highest BCUT2D eigenvalue weighted by Crippen LogP contribution is 2.18. The Morgan fingerprint density at radius 1 is 0.944 bits per heavy atom. The molecular weight excluding hydrogens is 226 g/mol. The van der Waals surface area contributed by atoms with Crippen LogP contribution in [0.25, 0.3) is 11.1 Å². The molecule has 0 aliphatic rings. The van der Waals surface area contributed by atoms with Crippen molar-refractivity contribution in [3.8, 4) is 11.1 Å². The number of nitrogens with two attached hydrogens (primary N) is 1. The van der Waals surface area contributed by atoms with Crippen LogP contribution in [-0.4, -0.2) is 6.03 Å². The van der Waals surface area contributed by atoms with Gasteiger partial charge in [0.05, 0.1) is 0 Å². The van der Waals surface area contributed by atoms with Crippen LogP contribution in [0.1, 0.15) is 5.56 Å². The topological polar surface area (TPSA) is 67.2 Å². The molecule has 18 heavy (non-hydrogen) atoms. The predicted molar refractivity (Wildman–Crippen MR) is 71.4 cm³/mol. The first kappa shape index (κ1) is 12.1. The Morgan fingerprint density at radius 3 is 2.17 bits per heavy atom. The van der Waals surface area contributed by atoms with Crippen LogP contribution in [0.2, 0.25) is 0 Å². The summed E-state index contributed by atoms with van der Waals surface area (Å²) < 4.78 is 0. The molecule has 2 aromatic carbocycles. The van der Waals surface area contributed by atoms with Gasteiger partial charge in [-0.3, -0.25) is 5.43 Å². The minimum atomic E-state index is -0.587. The van der Waals surface area contributed by atoms with E-state index in [-0.39, 0.29) is 0 Å². The molecule has 4 N–H and O–H groups in total. The molecule has 4 heteroatoms. The molecule has 0 fully saturated rings. The van der Waals surface area contributed by atoms with Crippen LogP contribution < -0.4 is 16.6 Å². The molecule has 2 rings (SSSR count). The standard InChI is InChI=1S/C14H15N3O/c15-14(18)17-16-10-11-6-8-13(9-7-11)12-4-2-1-3-5-12/h1-9,16H,10H2,(H3,15,17,18). The first-order chi connectivity index (χ1) is 8.75. The summed E-state index contributed by atoms with van der Waals surface area (Å²) in [5, 5.41) is 0. The molecule has 0 atom stereocenters. The third-order valence-corrected chi connectivity index (χ3v) is 2.57. The average Bonchev–Trinajstić information content (AvgIpc) is 2.40. The number of nitrogens with one attached hydrogen (secondary N) is 2. The van der Waals surface area contributed by atoms with Crippen molar-refractivity contribution in [1.29, 1.82) is 0 Å². The summed E-state index contributed by atoms with van der Waals surface area (Å²) in [7, 11) is 0. The van der Waals surface area contributed by atoms with Gasteiger partial charge in [-0.15, -0.1) is 0 Å². The number of rotatable bonds is 4. The van der Waals surface area contributed by atoms with Gasteiger partial charge >= 0.3 is 6.03 Å². The lowest BCUT2D eigenvalue weighted by molar-refractivity contribution is 0.244. The Balaban J connectivity index is 2.00. The van der Waals surface area contributed by atoms with Gasteiger partial charge in [0, 0.05) is 6.54 Å². The van der Waals surface area contributed by atoms with Crippen LogP contribution in [0.3, 0.4) is 0 Å². The lowest BCUT2D eigenvalue weighted by Crippen LogP contribution is -2.40. The molecule has 0 aliphatic heterocycles. The highest BCUT2D eigenvalue weighted by molar-refractivity contribution is 5.70. The number of primary amides is 1. The highest BCUT2D eigenvalue weighted by atomic mass is 16.2. The van der Waals surface area contributed by atoms with E-state index in [9.17, 15) is 4.79 Å². The summed E-state index contributed by atoms with van der Waals surface area (Å²) in [6, 6.07) is 17.7. The fraction of sp³-hybridized carbons (Fsp3) is 0.0714. The van der Waals surface area contributed by atoms with Gasteiger partial charge in [-0.25, -0.2) is 10.2 Å². The Morgan fingerprint density at radius 2 is 1.56 bits per heavy atom. The van der Waals surface area contributed by atoms with E-state index in [1.54, 1.807) is 0 Å². The van der Waals surface area contributed by atoms with Crippen molar-refractivity contribution in [2.45, 2.75) is 6.54 Å². The molecule has 0 aliphatic carbocycles. The van der Waals surface area contributed by atoms with Gasteiger partial charge in [-0.1, -0.05) is 54.6 Å². The summed E-state index contributed by atoms with van der Waals surface area (Å²) in [6.45, 7) is 0.540. The zero-order valence-corrected chi connectivity index (χ0v) is 9.89. The quantitative estimate of drug-likeness (QED) is 0.717. The highest BCUT2D eigenvalue weighted by Gasteiger charge is 1.97. The van der Waals surface area contributed by atoms with Crippen molar-refractivity contribution in [2.75, 3.05) is 0 Å². The molecule has 0 radical (unpaired) electrons. The maximum absolute atomic E-state index is 10.5. The molecule has 0 bridgehead atoms. The predicted octanol–water partition coefficient (Wildman–Crippen LogP) is 2.03. The second-order valence-electron chi connectivity index (χ2n) is 3.91. The first-order valence-corrected chi connectivity index (χ1v) is 5.68. The van der Waals surface area contributed by atoms with Gasteiger partial charge in [0.2, 0.25) is 0 Å². The van der Waals surface area contributed by atoms with Crippen molar-refractivity contribution < 1.29 is 4.79 Å². The van der Waals surface area contributed by atoms with E-state index in [1.165, 1.54) is 11.1 Å². The van der Waals surface area contributed by atoms with Gasteiger partial charge in [0.15, 0.2) is 0 Å². The van der Waals surface area contributed by atoms with Crippen molar-refractivity contribution in [2.24, 2.45) is 5.73 Å². The number of hydrogen-bond acceptors (Lipinski definition) is 2. The zero-order valence-electron chi connectivity index (χ0n) is 9.89. The Kier molecular flexibility index (Phi) is 3.94. The second-order valence-corrected chi connectivity index (χ2v) is 3.91. The molecule has 2 aromatic rings. The molecule has 2 amide bonds. The fourth-order valence-electron chi connectivity index (χ4n) is 1.68. The van der Waals surface area contributed by atoms with Gasteiger partial charge in [0.1, 0.15) is 0 Å². The minimum absolute atomic E-state index is 0.540. The molecule has 92 valence electrons. The van der Waals surface area contributed by atoms with E-state index in [0.29, 0.717) is 6.54 Å². The minimum Gasteiger partial charge on any atom is -0.351 e. The monoisotopic (exact) mass is 241 g/mol. The van der Waals surface area contributed by atoms with Crippen LogP contribution in [0.5, 0.6) is 0 Å². The lowest BCUT2D eigenvalue weighted by Gasteiger charge is -2.06. The van der Waals surface area contributed by atoms with E-state index in [4.69, 9.17) is 5.73 Å². The van der Waals surface area contributed by atoms with Gasteiger partial charge in [0.25, 0.3) is 0 Å². The Labute approximate surface area is 106 Å². The fourth-order valence-corrected chi connectivity index (χ4v) is 1.68. The number of benzene rings is 2. The molecular formula is C14H15N3O. The number of hydrazine groups is 1. The Bertz CT molecular complexity index is 508. The summed E-state index contributed by atoms with van der Waals surface area (Å²) >= 11 is 0. The van der Waals surface area contributed by atoms with E-state index in [0.717, 1.165) is 5.56 Å². The maximum atomic E-state index is 10.5. The maximum Gasteiger partial charge on any atom is 0.326 e. The molecule has 0 unspecified atom stereocenters. The summed E-state index contributed by atoms with van der Waals surface area (Å²) in [4.78, 5) is 10.5. The molecule has 0 saturated heterocycles. The number of carbonyl (C=O) groups is 1. The largest absolute Gasteiger partial charge is 0.351 e. The van der Waals surface area contributed by atoms with Crippen molar-refractivity contribution in [3.05, 3.63) is 60.2 Å². The second kappa shape index (κ2) is 5.84. The number of amides is 2. The molecule has 0 spiro atoms. The van der Waals surface area contributed by atoms with Crippen molar-refractivity contribution >= 4 is 6.03 Å². The molecule has 0 aromatic heterocycles. The van der Waals surface area contributed by atoms with Crippen LogP contribution in [0.15, 0.2) is 54.6 Å². The molecule has 0 saturated carbocycles. The number of hydrogen-bond donors (Lipinski definition) is 3. The van der Waals surface area contributed by atoms with Gasteiger partial charge < -0.3 is 5.73 Å². The average molecular weight is 241 g/mol. The van der Waals surface area contributed by atoms with Crippen LogP contribution in [0.4, 0.5) is 4.79 Å². The third kappa shape index (κ3) is 3.33. The van der Waals surface area contributed by atoms with Crippen molar-refractivity contribution in [1.82, 2.24) is 10.9 Å². The van der Waals surface area contributed by atoms with E-state index in [1.807, 2.05) is 30.3 Å². The van der Waals surface area contributed by atoms with Crippen LogP contribution in [-0.2, 0) is 6.54 Å². The van der Waals surface area contributed by atoms with Gasteiger partial charge in [-0.05, 0) is 16.7 Å². The Hall–Kier alpha value is -2.33. The molecule has 0 heterocycles. The summed E-state index contributed by atoms with van der Waals surface area (Å²) in [6.07, 6.45) is 0. The lowest BCUT2D eigenvalue weighted by atomic mass is 10.0. The zero-order chi connectivity index (χ0) is 12.8. The number of urea groups is 1. The summed E-state index contributed by atoms with van der Waals surface area (Å²) in [5.41, 5.74) is 13.4. The normalized spacial score (nSPS) is 10.0. The summed E-state index contributed by atoms with van der Waals surface area (Å²) in [5.74, 6) is 0. The SMILES string of the molecule is NC(=O)NNCc1ccc(-c2ccccc2)cc1. The van der Waals surface area contributed by atoms with Crippen molar-refractivity contribution in [3.63, 3.8) is 0 Å². The van der Waals surface area contributed by atoms with E-state index >= 15 is 0 Å². The third-order valence-electron chi connectivity index (χ3n) is 2.57. The smallest absolute Gasteiger partial charge is 0.326 e. The van der Waals surface area contributed by atoms with E-state index < -0.39 is 6.03 Å². The first-order valence-electron chi connectivity index (χ1n) is 5.68. The van der Waals surface area contributed by atoms with Gasteiger partial charge in [-0.2, -0.15) is 0 Å². The number of carbonyl (C=O) groups excluding carboxylic acids is 1. The molecule has 4 nitrogen and oxygen atoms in total. The van der Waals surface area contributed by atoms with Crippen LogP contribution >= 0.6 is 0 Å². The van der Waals surface area contributed by atoms with Crippen LogP contribution in [0, 0.1) is 0 Å². The van der Waals surface area contributed by atoms with E-state index in [2.05, 4.69) is 35.1 Å².